The number of rotatable bonds is 7. The summed E-state index contributed by atoms with van der Waals surface area (Å²) in [5, 5.41) is 4.80. The number of nitrogens with zero attached hydrogens (tertiary/aromatic N) is 1. The molecule has 0 saturated carbocycles. The summed E-state index contributed by atoms with van der Waals surface area (Å²) in [6, 6.07) is 19.1. The molecule has 0 aliphatic heterocycles. The Kier molecular flexibility index (Phi) is 6.08. The van der Waals surface area contributed by atoms with Gasteiger partial charge in [0.05, 0.1) is 19.1 Å². The molecule has 0 aromatic heterocycles. The molecule has 0 heterocycles. The molecular weight excluding hydrogens is 388 g/mol. The molecule has 0 radical (unpaired) electrons. The van der Waals surface area contributed by atoms with Gasteiger partial charge in [-0.05, 0) is 42.1 Å². The number of hydrogen-bond donors (Lipinski definition) is 1. The minimum atomic E-state index is -3.70. The lowest BCUT2D eigenvalue weighted by Gasteiger charge is -2.30. The van der Waals surface area contributed by atoms with Crippen LogP contribution in [0.25, 0.3) is 10.8 Å². The summed E-state index contributed by atoms with van der Waals surface area (Å²) >= 11 is 0. The molecule has 1 atom stereocenters. The highest BCUT2D eigenvalue weighted by Gasteiger charge is 2.31. The van der Waals surface area contributed by atoms with Crippen LogP contribution in [-0.4, -0.2) is 33.7 Å². The van der Waals surface area contributed by atoms with E-state index in [0.717, 1.165) is 21.3 Å². The Morgan fingerprint density at radius 1 is 1.03 bits per heavy atom. The zero-order valence-corrected chi connectivity index (χ0v) is 17.4. The lowest BCUT2D eigenvalue weighted by molar-refractivity contribution is -0.117. The molecule has 3 rings (SSSR count). The van der Waals surface area contributed by atoms with E-state index in [1.807, 2.05) is 42.5 Å². The fourth-order valence-corrected chi connectivity index (χ4v) is 4.55. The molecule has 1 amide bonds. The maximum absolute atomic E-state index is 13.1. The summed E-state index contributed by atoms with van der Waals surface area (Å²) in [4.78, 5) is 13.1. The van der Waals surface area contributed by atoms with Gasteiger partial charge in [0.15, 0.2) is 0 Å². The first kappa shape index (κ1) is 20.7. The molecule has 0 aliphatic carbocycles. The standard InChI is InChI=1S/C22H24N2O4S/c1-4-21(24(29(3,26)27)17-12-14-18(28-2)15-13-17)22(25)23-20-11-7-9-16-8-5-6-10-19(16)20/h5-15,21H,4H2,1-3H3,(H,23,25). The smallest absolute Gasteiger partial charge is 0.248 e. The van der Waals surface area contributed by atoms with E-state index in [4.69, 9.17) is 4.74 Å². The highest BCUT2D eigenvalue weighted by Crippen LogP contribution is 2.27. The van der Waals surface area contributed by atoms with Gasteiger partial charge in [0.25, 0.3) is 0 Å². The maximum atomic E-state index is 13.1. The highest BCUT2D eigenvalue weighted by atomic mass is 32.2. The Balaban J connectivity index is 1.96. The third-order valence-electron chi connectivity index (χ3n) is 4.70. The Hall–Kier alpha value is -3.06. The quantitative estimate of drug-likeness (QED) is 0.636. The van der Waals surface area contributed by atoms with Gasteiger partial charge in [-0.25, -0.2) is 8.42 Å². The van der Waals surface area contributed by atoms with Crippen LogP contribution in [0, 0.1) is 0 Å². The van der Waals surface area contributed by atoms with Crippen molar-refractivity contribution in [3.8, 4) is 5.75 Å². The predicted octanol–water partition coefficient (Wildman–Crippen LogP) is 4.03. The molecule has 0 spiro atoms. The van der Waals surface area contributed by atoms with E-state index in [-0.39, 0.29) is 5.91 Å². The molecule has 152 valence electrons. The second-order valence-electron chi connectivity index (χ2n) is 6.70. The van der Waals surface area contributed by atoms with Gasteiger partial charge in [-0.3, -0.25) is 9.10 Å². The van der Waals surface area contributed by atoms with Gasteiger partial charge >= 0.3 is 0 Å². The predicted molar refractivity (Wildman–Crippen MR) is 117 cm³/mol. The van der Waals surface area contributed by atoms with Crippen LogP contribution < -0.4 is 14.4 Å². The topological polar surface area (TPSA) is 75.7 Å². The summed E-state index contributed by atoms with van der Waals surface area (Å²) in [7, 11) is -2.16. The summed E-state index contributed by atoms with van der Waals surface area (Å²) in [6.07, 6.45) is 1.42. The molecule has 1 unspecified atom stereocenters. The first-order valence-corrected chi connectivity index (χ1v) is 11.1. The summed E-state index contributed by atoms with van der Waals surface area (Å²) in [5.74, 6) is 0.223. The van der Waals surface area contributed by atoms with Crippen molar-refractivity contribution in [2.45, 2.75) is 19.4 Å². The van der Waals surface area contributed by atoms with Crippen molar-refractivity contribution in [3.05, 3.63) is 66.7 Å². The van der Waals surface area contributed by atoms with Gasteiger partial charge in [0.2, 0.25) is 15.9 Å². The van der Waals surface area contributed by atoms with E-state index >= 15 is 0 Å². The largest absolute Gasteiger partial charge is 0.497 e. The van der Waals surface area contributed by atoms with Crippen LogP contribution in [0.4, 0.5) is 11.4 Å². The zero-order valence-electron chi connectivity index (χ0n) is 16.6. The summed E-state index contributed by atoms with van der Waals surface area (Å²) in [6.45, 7) is 1.79. The maximum Gasteiger partial charge on any atom is 0.248 e. The first-order chi connectivity index (χ1) is 13.8. The molecular formula is C22H24N2O4S. The van der Waals surface area contributed by atoms with Gasteiger partial charge in [-0.2, -0.15) is 0 Å². The van der Waals surface area contributed by atoms with Crippen molar-refractivity contribution >= 4 is 38.1 Å². The van der Waals surface area contributed by atoms with E-state index < -0.39 is 16.1 Å². The lowest BCUT2D eigenvalue weighted by Crippen LogP contribution is -2.47. The van der Waals surface area contributed by atoms with Crippen molar-refractivity contribution in [1.82, 2.24) is 0 Å². The van der Waals surface area contributed by atoms with Crippen molar-refractivity contribution in [1.29, 1.82) is 0 Å². The SMILES string of the molecule is CCC(C(=O)Nc1cccc2ccccc12)N(c1ccc(OC)cc1)S(C)(=O)=O. The summed E-state index contributed by atoms with van der Waals surface area (Å²) < 4.78 is 31.4. The van der Waals surface area contributed by atoms with Gasteiger partial charge in [-0.1, -0.05) is 43.3 Å². The number of carbonyl (C=O) groups is 1. The second kappa shape index (κ2) is 8.53. The molecule has 3 aromatic rings. The Bertz CT molecular complexity index is 1110. The molecule has 7 heteroatoms. The molecule has 0 fully saturated rings. The molecule has 0 saturated heterocycles. The van der Waals surface area contributed by atoms with Crippen LogP contribution in [0.2, 0.25) is 0 Å². The van der Waals surface area contributed by atoms with E-state index in [1.165, 1.54) is 7.11 Å². The van der Waals surface area contributed by atoms with Crippen LogP contribution in [-0.2, 0) is 14.8 Å². The molecule has 3 aromatic carbocycles. The number of hydrogen-bond acceptors (Lipinski definition) is 4. The highest BCUT2D eigenvalue weighted by molar-refractivity contribution is 7.92. The van der Waals surface area contributed by atoms with Crippen LogP contribution in [0.3, 0.4) is 0 Å². The van der Waals surface area contributed by atoms with Crippen LogP contribution in [0.1, 0.15) is 13.3 Å². The Labute approximate surface area is 171 Å². The molecule has 6 nitrogen and oxygen atoms in total. The monoisotopic (exact) mass is 412 g/mol. The Morgan fingerprint density at radius 2 is 1.69 bits per heavy atom. The minimum Gasteiger partial charge on any atom is -0.497 e. The summed E-state index contributed by atoms with van der Waals surface area (Å²) in [5.41, 5.74) is 1.06. The van der Waals surface area contributed by atoms with Crippen LogP contribution in [0.15, 0.2) is 66.7 Å². The number of amides is 1. The van der Waals surface area contributed by atoms with Gasteiger partial charge in [-0.15, -0.1) is 0 Å². The first-order valence-electron chi connectivity index (χ1n) is 9.27. The fraction of sp³-hybridized carbons (Fsp3) is 0.227. The van der Waals surface area contributed by atoms with E-state index in [1.54, 1.807) is 31.2 Å². The van der Waals surface area contributed by atoms with Crippen molar-refractivity contribution in [2.24, 2.45) is 0 Å². The van der Waals surface area contributed by atoms with Crippen molar-refractivity contribution in [3.63, 3.8) is 0 Å². The molecule has 0 aliphatic rings. The molecule has 0 bridgehead atoms. The number of anilines is 2. The van der Waals surface area contributed by atoms with Gasteiger partial charge < -0.3 is 10.1 Å². The van der Waals surface area contributed by atoms with Gasteiger partial charge in [0, 0.05) is 11.1 Å². The molecule has 1 N–H and O–H groups in total. The third-order valence-corrected chi connectivity index (χ3v) is 5.88. The number of sulfonamides is 1. The van der Waals surface area contributed by atoms with Gasteiger partial charge in [0.1, 0.15) is 11.8 Å². The number of carbonyl (C=O) groups excluding carboxylic acids is 1. The van der Waals surface area contributed by atoms with Crippen LogP contribution >= 0.6 is 0 Å². The van der Waals surface area contributed by atoms with Crippen molar-refractivity contribution < 1.29 is 17.9 Å². The molecule has 29 heavy (non-hydrogen) atoms. The number of ether oxygens (including phenoxy) is 1. The number of fused-ring (bicyclic) bond motifs is 1. The normalized spacial score (nSPS) is 12.4. The number of nitrogens with one attached hydrogen (secondary N) is 1. The average molecular weight is 413 g/mol. The van der Waals surface area contributed by atoms with E-state index in [0.29, 0.717) is 23.5 Å². The zero-order chi connectivity index (χ0) is 21.0. The number of benzene rings is 3. The van der Waals surface area contributed by atoms with Crippen LogP contribution in [0.5, 0.6) is 5.75 Å². The Morgan fingerprint density at radius 3 is 2.31 bits per heavy atom. The second-order valence-corrected chi connectivity index (χ2v) is 8.56. The van der Waals surface area contributed by atoms with E-state index in [9.17, 15) is 13.2 Å². The average Bonchev–Trinajstić information content (AvgIpc) is 2.71. The van der Waals surface area contributed by atoms with E-state index in [2.05, 4.69) is 5.32 Å². The minimum absolute atomic E-state index is 0.315. The lowest BCUT2D eigenvalue weighted by atomic mass is 10.1. The third kappa shape index (κ3) is 4.51. The number of methoxy groups -OCH3 is 1. The fourth-order valence-electron chi connectivity index (χ4n) is 3.34. The van der Waals surface area contributed by atoms with Crippen molar-refractivity contribution in [2.75, 3.05) is 23.0 Å².